The fraction of sp³-hybridized carbons (Fsp3) is 0.500. The Morgan fingerprint density at radius 3 is 2.42 bits per heavy atom. The molecule has 0 radical (unpaired) electrons. The number of amides is 2. The minimum Gasteiger partial charge on any atom is -0.444 e. The fourth-order valence-corrected chi connectivity index (χ4v) is 3.69. The van der Waals surface area contributed by atoms with E-state index in [1.165, 1.54) is 11.8 Å². The first-order chi connectivity index (χ1) is 15.7. The number of nitrogens with one attached hydrogen (secondary N) is 2. The topological polar surface area (TPSA) is 122 Å². The molecular weight excluding hydrogens is 420 g/mol. The third-order valence-corrected chi connectivity index (χ3v) is 5.35. The predicted molar refractivity (Wildman–Crippen MR) is 129 cm³/mol. The summed E-state index contributed by atoms with van der Waals surface area (Å²) in [6, 6.07) is 8.03. The quantitative estimate of drug-likeness (QED) is 0.571. The van der Waals surface area contributed by atoms with E-state index in [-0.39, 0.29) is 11.8 Å². The average Bonchev–Trinajstić information content (AvgIpc) is 2.77. The van der Waals surface area contributed by atoms with Gasteiger partial charge in [-0.25, -0.2) is 14.8 Å². The summed E-state index contributed by atoms with van der Waals surface area (Å²) >= 11 is 0. The lowest BCUT2D eigenvalue weighted by molar-refractivity contribution is 0.0204. The number of piperidine rings is 1. The van der Waals surface area contributed by atoms with Crippen LogP contribution >= 0.6 is 0 Å². The van der Waals surface area contributed by atoms with Crippen LogP contribution in [0.5, 0.6) is 0 Å². The van der Waals surface area contributed by atoms with Gasteiger partial charge in [-0.05, 0) is 63.6 Å². The highest BCUT2D eigenvalue weighted by Crippen LogP contribution is 2.30. The molecule has 0 spiro atoms. The number of likely N-dealkylation sites (tertiary alicyclic amines) is 1. The van der Waals surface area contributed by atoms with Gasteiger partial charge in [0.1, 0.15) is 11.4 Å². The van der Waals surface area contributed by atoms with Crippen LogP contribution in [0, 0.1) is 0 Å². The van der Waals surface area contributed by atoms with E-state index in [0.29, 0.717) is 30.6 Å². The number of nitrogens with two attached hydrogens (primary N) is 1. The number of primary amides is 1. The lowest BCUT2D eigenvalue weighted by Gasteiger charge is -2.33. The van der Waals surface area contributed by atoms with Crippen LogP contribution in [0.2, 0.25) is 0 Å². The first-order valence-corrected chi connectivity index (χ1v) is 11.4. The van der Waals surface area contributed by atoms with E-state index in [1.807, 2.05) is 32.9 Å². The van der Waals surface area contributed by atoms with Crippen molar-refractivity contribution in [2.45, 2.75) is 58.5 Å². The van der Waals surface area contributed by atoms with Crippen LogP contribution in [-0.2, 0) is 4.74 Å². The fourth-order valence-electron chi connectivity index (χ4n) is 3.69. The Labute approximate surface area is 195 Å². The third-order valence-electron chi connectivity index (χ3n) is 5.35. The molecule has 2 aromatic rings. The van der Waals surface area contributed by atoms with Gasteiger partial charge in [0.05, 0.1) is 6.20 Å². The van der Waals surface area contributed by atoms with Gasteiger partial charge in [0, 0.05) is 25.3 Å². The Hall–Kier alpha value is -3.36. The monoisotopic (exact) mass is 454 g/mol. The van der Waals surface area contributed by atoms with E-state index in [1.54, 1.807) is 4.90 Å². The molecule has 1 aromatic carbocycles. The molecule has 9 heteroatoms. The number of hydrogen-bond acceptors (Lipinski definition) is 7. The van der Waals surface area contributed by atoms with Crippen LogP contribution in [0.15, 0.2) is 30.5 Å². The molecule has 1 aromatic heterocycles. The van der Waals surface area contributed by atoms with Gasteiger partial charge in [0.25, 0.3) is 5.91 Å². The summed E-state index contributed by atoms with van der Waals surface area (Å²) in [5.74, 6) is 0.639. The summed E-state index contributed by atoms with van der Waals surface area (Å²) in [6.45, 7) is 9.80. The van der Waals surface area contributed by atoms with Crippen molar-refractivity contribution in [3.05, 3.63) is 41.7 Å². The standard InChI is InChI=1S/C24H34N6O3/c1-5-12-26-19-15-27-20(21(25)31)22(29-19)28-18-8-6-16(7-9-18)17-10-13-30(14-11-17)23(32)33-24(2,3)4/h6-9,15,17H,5,10-14H2,1-4H3,(H2,25,31)(H2,26,28,29). The van der Waals surface area contributed by atoms with E-state index in [9.17, 15) is 9.59 Å². The summed E-state index contributed by atoms with van der Waals surface area (Å²) in [5, 5.41) is 6.32. The number of rotatable bonds is 7. The largest absolute Gasteiger partial charge is 0.444 e. The number of nitrogens with zero attached hydrogens (tertiary/aromatic N) is 3. The zero-order valence-corrected chi connectivity index (χ0v) is 19.9. The molecule has 0 saturated carbocycles. The Morgan fingerprint density at radius 2 is 1.85 bits per heavy atom. The Morgan fingerprint density at radius 1 is 1.18 bits per heavy atom. The molecule has 0 atom stereocenters. The molecule has 1 aliphatic heterocycles. The highest BCUT2D eigenvalue weighted by Gasteiger charge is 2.27. The van der Waals surface area contributed by atoms with E-state index < -0.39 is 11.5 Å². The van der Waals surface area contributed by atoms with Gasteiger partial charge in [-0.1, -0.05) is 19.1 Å². The van der Waals surface area contributed by atoms with Crippen molar-refractivity contribution in [3.63, 3.8) is 0 Å². The lowest BCUT2D eigenvalue weighted by Crippen LogP contribution is -2.41. The number of benzene rings is 1. The van der Waals surface area contributed by atoms with Crippen molar-refractivity contribution < 1.29 is 14.3 Å². The van der Waals surface area contributed by atoms with Crippen LogP contribution in [-0.4, -0.2) is 52.1 Å². The van der Waals surface area contributed by atoms with Crippen LogP contribution in [0.25, 0.3) is 0 Å². The number of aromatic nitrogens is 2. The van der Waals surface area contributed by atoms with Gasteiger partial charge < -0.3 is 26.0 Å². The molecule has 9 nitrogen and oxygen atoms in total. The molecule has 1 aliphatic rings. The zero-order valence-electron chi connectivity index (χ0n) is 19.9. The van der Waals surface area contributed by atoms with Gasteiger partial charge in [-0.15, -0.1) is 0 Å². The van der Waals surface area contributed by atoms with Gasteiger partial charge in [0.15, 0.2) is 11.5 Å². The summed E-state index contributed by atoms with van der Waals surface area (Å²) in [5.41, 5.74) is 7.07. The molecule has 33 heavy (non-hydrogen) atoms. The summed E-state index contributed by atoms with van der Waals surface area (Å²) in [7, 11) is 0. The molecule has 0 bridgehead atoms. The maximum absolute atomic E-state index is 12.3. The summed E-state index contributed by atoms with van der Waals surface area (Å²) < 4.78 is 5.48. The highest BCUT2D eigenvalue weighted by molar-refractivity contribution is 5.96. The molecule has 1 saturated heterocycles. The summed E-state index contributed by atoms with van der Waals surface area (Å²) in [4.78, 5) is 34.4. The number of anilines is 3. The van der Waals surface area contributed by atoms with Crippen molar-refractivity contribution in [2.24, 2.45) is 5.73 Å². The second-order valence-electron chi connectivity index (χ2n) is 9.23. The zero-order chi connectivity index (χ0) is 24.0. The van der Waals surface area contributed by atoms with Crippen molar-refractivity contribution in [3.8, 4) is 0 Å². The normalized spacial score (nSPS) is 14.6. The van der Waals surface area contributed by atoms with Crippen LogP contribution in [0.3, 0.4) is 0 Å². The van der Waals surface area contributed by atoms with Crippen molar-refractivity contribution in [2.75, 3.05) is 30.3 Å². The molecule has 3 rings (SSSR count). The van der Waals surface area contributed by atoms with Crippen molar-refractivity contribution >= 4 is 29.3 Å². The van der Waals surface area contributed by atoms with Crippen molar-refractivity contribution in [1.29, 1.82) is 0 Å². The molecule has 178 valence electrons. The SMILES string of the molecule is CCCNc1cnc(C(N)=O)c(Nc2ccc(C3CCN(C(=O)OC(C)(C)C)CC3)cc2)n1. The Kier molecular flexibility index (Phi) is 7.73. The van der Waals surface area contributed by atoms with Crippen LogP contribution in [0.1, 0.15) is 68.9 Å². The minimum absolute atomic E-state index is 0.0932. The second-order valence-corrected chi connectivity index (χ2v) is 9.23. The number of ether oxygens (including phenoxy) is 1. The van der Waals surface area contributed by atoms with E-state index in [0.717, 1.165) is 31.5 Å². The van der Waals surface area contributed by atoms with Gasteiger partial charge in [-0.2, -0.15) is 0 Å². The molecule has 2 heterocycles. The first-order valence-electron chi connectivity index (χ1n) is 11.4. The lowest BCUT2D eigenvalue weighted by atomic mass is 9.89. The Bertz CT molecular complexity index is 963. The minimum atomic E-state index is -0.639. The number of carbonyl (C=O) groups is 2. The maximum atomic E-state index is 12.3. The van der Waals surface area contributed by atoms with E-state index in [2.05, 4.69) is 39.7 Å². The molecule has 0 unspecified atom stereocenters. The van der Waals surface area contributed by atoms with Crippen LogP contribution < -0.4 is 16.4 Å². The maximum Gasteiger partial charge on any atom is 0.410 e. The Balaban J connectivity index is 1.63. The average molecular weight is 455 g/mol. The number of carbonyl (C=O) groups excluding carboxylic acids is 2. The summed E-state index contributed by atoms with van der Waals surface area (Å²) in [6.07, 6.45) is 3.97. The molecule has 1 fully saturated rings. The molecule has 0 aliphatic carbocycles. The predicted octanol–water partition coefficient (Wildman–Crippen LogP) is 4.26. The molecular formula is C24H34N6O3. The molecule has 4 N–H and O–H groups in total. The van der Waals surface area contributed by atoms with Gasteiger partial charge in [-0.3, -0.25) is 4.79 Å². The van der Waals surface area contributed by atoms with Gasteiger partial charge in [0.2, 0.25) is 0 Å². The van der Waals surface area contributed by atoms with Gasteiger partial charge >= 0.3 is 6.09 Å². The second kappa shape index (κ2) is 10.5. The highest BCUT2D eigenvalue weighted by atomic mass is 16.6. The van der Waals surface area contributed by atoms with E-state index in [4.69, 9.17) is 10.5 Å². The van der Waals surface area contributed by atoms with Crippen molar-refractivity contribution in [1.82, 2.24) is 14.9 Å². The number of hydrogen-bond donors (Lipinski definition) is 3. The smallest absolute Gasteiger partial charge is 0.410 e. The first kappa shape index (κ1) is 24.3. The third kappa shape index (κ3) is 6.81. The van der Waals surface area contributed by atoms with E-state index >= 15 is 0 Å². The molecule has 2 amide bonds. The van der Waals surface area contributed by atoms with Crippen LogP contribution in [0.4, 0.5) is 22.1 Å².